The van der Waals surface area contributed by atoms with Gasteiger partial charge in [0.15, 0.2) is 0 Å². The van der Waals surface area contributed by atoms with E-state index in [9.17, 15) is 4.79 Å². The van der Waals surface area contributed by atoms with Crippen molar-refractivity contribution < 1.29 is 9.53 Å². The van der Waals surface area contributed by atoms with Crippen LogP contribution in [0.5, 0.6) is 5.75 Å². The summed E-state index contributed by atoms with van der Waals surface area (Å²) in [4.78, 5) is 21.9. The number of hydrogen-bond donors (Lipinski definition) is 0. The van der Waals surface area contributed by atoms with Gasteiger partial charge in [-0.25, -0.2) is 4.98 Å². The van der Waals surface area contributed by atoms with Crippen molar-refractivity contribution in [3.8, 4) is 5.75 Å². The van der Waals surface area contributed by atoms with Crippen LogP contribution in [0.3, 0.4) is 0 Å². The number of benzene rings is 2. The number of methoxy groups -OCH3 is 1. The molecular weight excluding hydrogens is 312 g/mol. The quantitative estimate of drug-likeness (QED) is 0.415. The number of pyridine rings is 2. The molecule has 122 valence electrons. The molecule has 0 bridgehead atoms. The lowest BCUT2D eigenvalue weighted by Gasteiger charge is -2.13. The van der Waals surface area contributed by atoms with E-state index in [1.54, 1.807) is 31.5 Å². The third kappa shape index (κ3) is 2.43. The molecule has 0 atom stereocenters. The number of fused-ring (bicyclic) bond motifs is 3. The van der Waals surface area contributed by atoms with Gasteiger partial charge in [0, 0.05) is 28.1 Å². The van der Waals surface area contributed by atoms with Gasteiger partial charge in [0.1, 0.15) is 17.0 Å². The van der Waals surface area contributed by atoms with Crippen LogP contribution in [-0.4, -0.2) is 22.9 Å². The molecule has 0 aliphatic heterocycles. The summed E-state index contributed by atoms with van der Waals surface area (Å²) < 4.78 is 5.60. The van der Waals surface area contributed by atoms with Gasteiger partial charge in [-0.2, -0.15) is 0 Å². The first-order valence-electron chi connectivity index (χ1n) is 8.02. The van der Waals surface area contributed by atoms with Crippen LogP contribution in [0, 0.1) is 6.92 Å². The van der Waals surface area contributed by atoms with Crippen LogP contribution in [-0.2, 0) is 0 Å². The first-order chi connectivity index (χ1) is 12.2. The summed E-state index contributed by atoms with van der Waals surface area (Å²) >= 11 is 0. The molecule has 0 amide bonds. The van der Waals surface area contributed by atoms with Gasteiger partial charge in [0.05, 0.1) is 12.6 Å². The van der Waals surface area contributed by atoms with Gasteiger partial charge < -0.3 is 4.74 Å². The van der Waals surface area contributed by atoms with Crippen LogP contribution in [0.4, 0.5) is 0 Å². The number of aromatic nitrogens is 2. The highest BCUT2D eigenvalue weighted by Gasteiger charge is 2.17. The van der Waals surface area contributed by atoms with Gasteiger partial charge in [-0.3, -0.25) is 9.78 Å². The van der Waals surface area contributed by atoms with Crippen LogP contribution in [0.1, 0.15) is 21.6 Å². The molecule has 2 aromatic heterocycles. The van der Waals surface area contributed by atoms with Gasteiger partial charge in [0.2, 0.25) is 5.78 Å². The summed E-state index contributed by atoms with van der Waals surface area (Å²) in [5.74, 6) is 0.660. The van der Waals surface area contributed by atoms with E-state index >= 15 is 0 Å². The lowest BCUT2D eigenvalue weighted by atomic mass is 10.0. The van der Waals surface area contributed by atoms with Crippen LogP contribution in [0.25, 0.3) is 21.8 Å². The van der Waals surface area contributed by atoms with Crippen LogP contribution >= 0.6 is 0 Å². The SMILES string of the molecule is COc1c(C)c2cccnc2c2nc(C(=O)c3ccccc3)ccc12. The maximum atomic E-state index is 12.7. The second-order valence-corrected chi connectivity index (χ2v) is 5.85. The topological polar surface area (TPSA) is 52.1 Å². The van der Waals surface area contributed by atoms with Crippen molar-refractivity contribution in [2.24, 2.45) is 0 Å². The largest absolute Gasteiger partial charge is 0.496 e. The molecule has 0 aliphatic carbocycles. The van der Waals surface area contributed by atoms with Crippen molar-refractivity contribution >= 4 is 27.6 Å². The molecule has 4 rings (SSSR count). The normalized spacial score (nSPS) is 11.0. The molecule has 0 fully saturated rings. The standard InChI is InChI=1S/C21H16N2O2/c1-13-15-9-6-12-22-18(15)19-16(21(13)25-2)10-11-17(23-19)20(24)14-7-4-3-5-8-14/h3-12H,1-2H3. The Morgan fingerprint density at radius 1 is 0.920 bits per heavy atom. The van der Waals surface area contributed by atoms with Gasteiger partial charge in [-0.15, -0.1) is 0 Å². The van der Waals surface area contributed by atoms with Gasteiger partial charge in [0.25, 0.3) is 0 Å². The molecule has 25 heavy (non-hydrogen) atoms. The van der Waals surface area contributed by atoms with Gasteiger partial charge in [-0.05, 0) is 25.1 Å². The third-order valence-electron chi connectivity index (χ3n) is 4.39. The van der Waals surface area contributed by atoms with E-state index in [-0.39, 0.29) is 5.78 Å². The average Bonchev–Trinajstić information content (AvgIpc) is 2.68. The molecule has 0 unspecified atom stereocenters. The highest BCUT2D eigenvalue weighted by Crippen LogP contribution is 2.35. The number of aryl methyl sites for hydroxylation is 1. The highest BCUT2D eigenvalue weighted by molar-refractivity contribution is 6.12. The lowest BCUT2D eigenvalue weighted by molar-refractivity contribution is 0.103. The Labute approximate surface area is 145 Å². The van der Waals surface area contributed by atoms with Crippen molar-refractivity contribution in [1.82, 2.24) is 9.97 Å². The third-order valence-corrected chi connectivity index (χ3v) is 4.39. The Hall–Kier alpha value is -3.27. The van der Waals surface area contributed by atoms with Crippen molar-refractivity contribution in [2.45, 2.75) is 6.92 Å². The minimum atomic E-state index is -0.105. The summed E-state index contributed by atoms with van der Waals surface area (Å²) in [6, 6.07) is 16.7. The minimum Gasteiger partial charge on any atom is -0.496 e. The Morgan fingerprint density at radius 3 is 2.48 bits per heavy atom. The number of carbonyl (C=O) groups excluding carboxylic acids is 1. The van der Waals surface area contributed by atoms with Crippen molar-refractivity contribution in [3.05, 3.63) is 77.6 Å². The monoisotopic (exact) mass is 328 g/mol. The number of carbonyl (C=O) groups is 1. The fourth-order valence-corrected chi connectivity index (χ4v) is 3.17. The summed E-state index contributed by atoms with van der Waals surface area (Å²) in [7, 11) is 1.65. The summed E-state index contributed by atoms with van der Waals surface area (Å²) in [5, 5.41) is 1.83. The Bertz CT molecular complexity index is 1110. The zero-order valence-electron chi connectivity index (χ0n) is 14.0. The summed E-state index contributed by atoms with van der Waals surface area (Å²) in [6.45, 7) is 2.01. The molecule has 0 saturated heterocycles. The molecular formula is C21H16N2O2. The molecule has 0 spiro atoms. The molecule has 0 aliphatic rings. The molecule has 4 nitrogen and oxygen atoms in total. The van der Waals surface area contributed by atoms with Crippen molar-refractivity contribution in [2.75, 3.05) is 7.11 Å². The molecule has 2 aromatic carbocycles. The van der Waals surface area contributed by atoms with Crippen LogP contribution in [0.2, 0.25) is 0 Å². The Balaban J connectivity index is 2.01. The molecule has 4 aromatic rings. The molecule has 4 heteroatoms. The maximum absolute atomic E-state index is 12.7. The first-order valence-corrected chi connectivity index (χ1v) is 8.02. The van der Waals surface area contributed by atoms with Crippen LogP contribution < -0.4 is 4.74 Å². The number of ketones is 1. The lowest BCUT2D eigenvalue weighted by Crippen LogP contribution is -2.05. The van der Waals surface area contributed by atoms with E-state index in [4.69, 9.17) is 4.74 Å². The predicted molar refractivity (Wildman–Crippen MR) is 98.2 cm³/mol. The van der Waals surface area contributed by atoms with E-state index in [0.29, 0.717) is 16.8 Å². The van der Waals surface area contributed by atoms with Crippen LogP contribution in [0.15, 0.2) is 60.8 Å². The molecule has 0 saturated carbocycles. The number of rotatable bonds is 3. The molecule has 0 radical (unpaired) electrons. The minimum absolute atomic E-state index is 0.105. The zero-order valence-corrected chi connectivity index (χ0v) is 14.0. The van der Waals surface area contributed by atoms with Crippen molar-refractivity contribution in [3.63, 3.8) is 0 Å². The first kappa shape index (κ1) is 15.3. The van der Waals surface area contributed by atoms with Gasteiger partial charge in [-0.1, -0.05) is 36.4 Å². The van der Waals surface area contributed by atoms with Gasteiger partial charge >= 0.3 is 0 Å². The Morgan fingerprint density at radius 2 is 1.72 bits per heavy atom. The molecule has 2 heterocycles. The summed E-state index contributed by atoms with van der Waals surface area (Å²) in [5.41, 5.74) is 3.49. The second-order valence-electron chi connectivity index (χ2n) is 5.85. The smallest absolute Gasteiger partial charge is 0.211 e. The number of hydrogen-bond acceptors (Lipinski definition) is 4. The number of nitrogens with zero attached hydrogens (tertiary/aromatic N) is 2. The zero-order chi connectivity index (χ0) is 17.4. The van der Waals surface area contributed by atoms with E-state index < -0.39 is 0 Å². The van der Waals surface area contributed by atoms with Crippen molar-refractivity contribution in [1.29, 1.82) is 0 Å². The maximum Gasteiger partial charge on any atom is 0.211 e. The average molecular weight is 328 g/mol. The van der Waals surface area contributed by atoms with E-state index in [2.05, 4.69) is 9.97 Å². The predicted octanol–water partition coefficient (Wildman–Crippen LogP) is 4.33. The number of ether oxygens (including phenoxy) is 1. The van der Waals surface area contributed by atoms with E-state index in [1.807, 2.05) is 43.3 Å². The fraction of sp³-hybridized carbons (Fsp3) is 0.0952. The van der Waals surface area contributed by atoms with E-state index in [1.165, 1.54) is 0 Å². The summed E-state index contributed by atoms with van der Waals surface area (Å²) in [6.07, 6.45) is 1.74. The molecule has 0 N–H and O–H groups in total. The highest BCUT2D eigenvalue weighted by atomic mass is 16.5. The van der Waals surface area contributed by atoms with E-state index in [0.717, 1.165) is 27.6 Å². The second kappa shape index (κ2) is 5.98. The Kier molecular flexibility index (Phi) is 3.65. The fourth-order valence-electron chi connectivity index (χ4n) is 3.17.